The van der Waals surface area contributed by atoms with E-state index >= 15 is 0 Å². The van der Waals surface area contributed by atoms with Gasteiger partial charge in [0, 0.05) is 18.2 Å². The molecule has 5 heteroatoms. The average molecular weight is 209 g/mol. The SMILES string of the molecule is CC(C)(CN)NC(=O)c1cccc(=O)[nH]1. The topological polar surface area (TPSA) is 88.0 Å². The molecular weight excluding hydrogens is 194 g/mol. The highest BCUT2D eigenvalue weighted by Gasteiger charge is 2.19. The molecule has 0 aliphatic carbocycles. The van der Waals surface area contributed by atoms with Crippen molar-refractivity contribution < 1.29 is 4.79 Å². The highest BCUT2D eigenvalue weighted by atomic mass is 16.2. The minimum absolute atomic E-state index is 0.240. The number of aromatic nitrogens is 1. The van der Waals surface area contributed by atoms with Gasteiger partial charge >= 0.3 is 0 Å². The van der Waals surface area contributed by atoms with Crippen molar-refractivity contribution in [2.24, 2.45) is 5.73 Å². The third kappa shape index (κ3) is 3.21. The molecule has 0 unspecified atom stereocenters. The van der Waals surface area contributed by atoms with Crippen LogP contribution in [0.5, 0.6) is 0 Å². The van der Waals surface area contributed by atoms with Crippen LogP contribution in [0.2, 0.25) is 0 Å². The molecule has 0 aliphatic rings. The summed E-state index contributed by atoms with van der Waals surface area (Å²) < 4.78 is 0. The number of hydrogen-bond donors (Lipinski definition) is 3. The minimum Gasteiger partial charge on any atom is -0.345 e. The quantitative estimate of drug-likeness (QED) is 0.646. The van der Waals surface area contributed by atoms with Crippen LogP contribution in [0.4, 0.5) is 0 Å². The number of nitrogens with two attached hydrogens (primary N) is 1. The van der Waals surface area contributed by atoms with Crippen LogP contribution in [0.1, 0.15) is 24.3 Å². The predicted octanol–water partition coefficient (Wildman–Crippen LogP) is -0.158. The summed E-state index contributed by atoms with van der Waals surface area (Å²) in [6.07, 6.45) is 0. The van der Waals surface area contributed by atoms with E-state index in [2.05, 4.69) is 10.3 Å². The van der Waals surface area contributed by atoms with Gasteiger partial charge < -0.3 is 16.0 Å². The van der Waals surface area contributed by atoms with E-state index in [-0.39, 0.29) is 17.2 Å². The zero-order chi connectivity index (χ0) is 11.5. The fraction of sp³-hybridized carbons (Fsp3) is 0.400. The van der Waals surface area contributed by atoms with Gasteiger partial charge in [0.1, 0.15) is 5.69 Å². The molecule has 1 rings (SSSR count). The first-order valence-electron chi connectivity index (χ1n) is 4.66. The van der Waals surface area contributed by atoms with Gasteiger partial charge in [-0.25, -0.2) is 0 Å². The van der Waals surface area contributed by atoms with Gasteiger partial charge in [-0.05, 0) is 19.9 Å². The summed E-state index contributed by atoms with van der Waals surface area (Å²) in [7, 11) is 0. The van der Waals surface area contributed by atoms with Crippen molar-refractivity contribution in [1.29, 1.82) is 0 Å². The Hall–Kier alpha value is -1.62. The normalized spacial score (nSPS) is 11.1. The number of carbonyl (C=O) groups is 1. The Morgan fingerprint density at radius 3 is 2.73 bits per heavy atom. The molecule has 0 aromatic carbocycles. The molecule has 0 bridgehead atoms. The van der Waals surface area contributed by atoms with Crippen molar-refractivity contribution in [3.8, 4) is 0 Å². The number of H-pyrrole nitrogens is 1. The monoisotopic (exact) mass is 209 g/mol. The van der Waals surface area contributed by atoms with Crippen molar-refractivity contribution in [3.63, 3.8) is 0 Å². The summed E-state index contributed by atoms with van der Waals surface area (Å²) in [6, 6.07) is 4.43. The van der Waals surface area contributed by atoms with E-state index in [0.29, 0.717) is 6.54 Å². The van der Waals surface area contributed by atoms with Gasteiger partial charge in [-0.15, -0.1) is 0 Å². The molecule has 1 aromatic heterocycles. The number of pyridine rings is 1. The van der Waals surface area contributed by atoms with Crippen LogP contribution in [0.15, 0.2) is 23.0 Å². The van der Waals surface area contributed by atoms with Crippen LogP contribution in [0.3, 0.4) is 0 Å². The summed E-state index contributed by atoms with van der Waals surface area (Å²) in [6.45, 7) is 3.95. The Labute approximate surface area is 87.7 Å². The molecule has 0 saturated heterocycles. The van der Waals surface area contributed by atoms with Crippen LogP contribution >= 0.6 is 0 Å². The number of aromatic amines is 1. The smallest absolute Gasteiger partial charge is 0.268 e. The summed E-state index contributed by atoms with van der Waals surface area (Å²) in [5, 5.41) is 2.72. The fourth-order valence-electron chi connectivity index (χ4n) is 1.01. The Balaban J connectivity index is 2.83. The second-order valence-electron chi connectivity index (χ2n) is 3.97. The second kappa shape index (κ2) is 4.27. The van der Waals surface area contributed by atoms with Crippen molar-refractivity contribution in [3.05, 3.63) is 34.2 Å². The Morgan fingerprint density at radius 2 is 2.20 bits per heavy atom. The lowest BCUT2D eigenvalue weighted by Gasteiger charge is -2.23. The third-order valence-electron chi connectivity index (χ3n) is 1.98. The van der Waals surface area contributed by atoms with Gasteiger partial charge in [0.25, 0.3) is 5.91 Å². The van der Waals surface area contributed by atoms with Crippen LogP contribution in [-0.2, 0) is 0 Å². The van der Waals surface area contributed by atoms with Gasteiger partial charge in [0.15, 0.2) is 0 Å². The first-order valence-corrected chi connectivity index (χ1v) is 4.66. The first-order chi connectivity index (χ1) is 6.94. The molecule has 0 saturated carbocycles. The largest absolute Gasteiger partial charge is 0.345 e. The molecule has 4 N–H and O–H groups in total. The summed E-state index contributed by atoms with van der Waals surface area (Å²) >= 11 is 0. The highest BCUT2D eigenvalue weighted by Crippen LogP contribution is 2.00. The van der Waals surface area contributed by atoms with E-state index in [4.69, 9.17) is 5.73 Å². The molecular formula is C10H15N3O2. The molecule has 5 nitrogen and oxygen atoms in total. The Bertz CT molecular complexity index is 409. The van der Waals surface area contributed by atoms with Gasteiger partial charge in [0.2, 0.25) is 5.56 Å². The number of rotatable bonds is 3. The molecule has 82 valence electrons. The van der Waals surface area contributed by atoms with Crippen molar-refractivity contribution in [2.75, 3.05) is 6.54 Å². The lowest BCUT2D eigenvalue weighted by atomic mass is 10.1. The molecule has 0 spiro atoms. The molecule has 15 heavy (non-hydrogen) atoms. The standard InChI is InChI=1S/C10H15N3O2/c1-10(2,6-11)13-9(15)7-4-3-5-8(14)12-7/h3-5H,6,11H2,1-2H3,(H,12,14)(H,13,15). The lowest BCUT2D eigenvalue weighted by molar-refractivity contribution is 0.0910. The molecule has 1 amide bonds. The summed E-state index contributed by atoms with van der Waals surface area (Å²) in [5.41, 5.74) is 4.94. The first kappa shape index (κ1) is 11.5. The summed E-state index contributed by atoms with van der Waals surface area (Å²) in [4.78, 5) is 25.0. The number of carbonyl (C=O) groups excluding carboxylic acids is 1. The Kier molecular flexibility index (Phi) is 3.26. The van der Waals surface area contributed by atoms with Gasteiger partial charge in [0.05, 0.1) is 0 Å². The van der Waals surface area contributed by atoms with Crippen LogP contribution in [0.25, 0.3) is 0 Å². The molecule has 1 aromatic rings. The highest BCUT2D eigenvalue weighted by molar-refractivity contribution is 5.92. The van der Waals surface area contributed by atoms with Crippen molar-refractivity contribution >= 4 is 5.91 Å². The Morgan fingerprint density at radius 1 is 1.53 bits per heavy atom. The van der Waals surface area contributed by atoms with Crippen LogP contribution in [-0.4, -0.2) is 23.0 Å². The van der Waals surface area contributed by atoms with E-state index in [9.17, 15) is 9.59 Å². The van der Waals surface area contributed by atoms with Crippen molar-refractivity contribution in [2.45, 2.75) is 19.4 Å². The average Bonchev–Trinajstić information content (AvgIpc) is 2.17. The number of nitrogens with one attached hydrogen (secondary N) is 2. The van der Waals surface area contributed by atoms with E-state index in [1.807, 2.05) is 13.8 Å². The maximum Gasteiger partial charge on any atom is 0.268 e. The lowest BCUT2D eigenvalue weighted by Crippen LogP contribution is -2.49. The van der Waals surface area contributed by atoms with E-state index in [0.717, 1.165) is 0 Å². The van der Waals surface area contributed by atoms with Crippen molar-refractivity contribution in [1.82, 2.24) is 10.3 Å². The van der Waals surface area contributed by atoms with Gasteiger partial charge in [-0.3, -0.25) is 9.59 Å². The fourth-order valence-corrected chi connectivity index (χ4v) is 1.01. The molecule has 1 heterocycles. The van der Waals surface area contributed by atoms with E-state index in [1.165, 1.54) is 12.1 Å². The maximum atomic E-state index is 11.6. The molecule has 0 radical (unpaired) electrons. The minimum atomic E-state index is -0.482. The van der Waals surface area contributed by atoms with Gasteiger partial charge in [-0.2, -0.15) is 0 Å². The zero-order valence-corrected chi connectivity index (χ0v) is 8.83. The van der Waals surface area contributed by atoms with Gasteiger partial charge in [-0.1, -0.05) is 6.07 Å². The third-order valence-corrected chi connectivity index (χ3v) is 1.98. The number of hydrogen-bond acceptors (Lipinski definition) is 3. The van der Waals surface area contributed by atoms with E-state index < -0.39 is 5.54 Å². The van der Waals surface area contributed by atoms with Crippen LogP contribution in [0, 0.1) is 0 Å². The zero-order valence-electron chi connectivity index (χ0n) is 8.83. The molecule has 0 aliphatic heterocycles. The van der Waals surface area contributed by atoms with E-state index in [1.54, 1.807) is 6.07 Å². The summed E-state index contributed by atoms with van der Waals surface area (Å²) in [5.74, 6) is -0.330. The molecule has 0 fully saturated rings. The predicted molar refractivity (Wildman–Crippen MR) is 57.7 cm³/mol. The second-order valence-corrected chi connectivity index (χ2v) is 3.97. The molecule has 0 atom stereocenters. The van der Waals surface area contributed by atoms with Crippen LogP contribution < -0.4 is 16.6 Å². The maximum absolute atomic E-state index is 11.6. The number of amides is 1.